The monoisotopic (exact) mass is 429 g/mol. The molecule has 3 aromatic rings. The van der Waals surface area contributed by atoms with Crippen molar-refractivity contribution >= 4 is 17.5 Å². The highest BCUT2D eigenvalue weighted by Crippen LogP contribution is 2.24. The number of piperazine rings is 1. The van der Waals surface area contributed by atoms with Crippen LogP contribution in [0.5, 0.6) is 0 Å². The minimum Gasteiger partial charge on any atom is -0.352 e. The SMILES string of the molecule is Cc1ccccc1-c1ccc(N2CCN(C(=O)Nc3ccc(C(C)(C)C)cc3)CC2)nn1. The molecule has 1 N–H and O–H groups in total. The number of aromatic nitrogens is 2. The van der Waals surface area contributed by atoms with E-state index in [-0.39, 0.29) is 11.4 Å². The molecule has 6 heteroatoms. The topological polar surface area (TPSA) is 61.4 Å². The molecule has 2 heterocycles. The lowest BCUT2D eigenvalue weighted by molar-refractivity contribution is 0.208. The Hall–Kier alpha value is -3.41. The molecule has 166 valence electrons. The van der Waals surface area contributed by atoms with E-state index in [0.717, 1.165) is 35.9 Å². The Kier molecular flexibility index (Phi) is 6.12. The molecule has 0 atom stereocenters. The van der Waals surface area contributed by atoms with Crippen LogP contribution < -0.4 is 10.2 Å². The van der Waals surface area contributed by atoms with E-state index in [4.69, 9.17) is 0 Å². The minimum atomic E-state index is -0.0610. The highest BCUT2D eigenvalue weighted by Gasteiger charge is 2.22. The molecule has 2 amide bonds. The maximum absolute atomic E-state index is 12.7. The maximum atomic E-state index is 12.7. The highest BCUT2D eigenvalue weighted by molar-refractivity contribution is 5.89. The van der Waals surface area contributed by atoms with Crippen LogP contribution in [0, 0.1) is 6.92 Å². The third kappa shape index (κ3) is 4.90. The van der Waals surface area contributed by atoms with E-state index in [1.165, 1.54) is 11.1 Å². The number of hydrogen-bond acceptors (Lipinski definition) is 4. The standard InChI is InChI=1S/C26H31N5O/c1-19-7-5-6-8-22(19)23-13-14-24(29-28-23)30-15-17-31(18-16-30)25(32)27-21-11-9-20(10-12-21)26(2,3)4/h5-14H,15-18H2,1-4H3,(H,27,32). The number of anilines is 2. The summed E-state index contributed by atoms with van der Waals surface area (Å²) in [6.07, 6.45) is 0. The first-order chi connectivity index (χ1) is 15.3. The van der Waals surface area contributed by atoms with E-state index in [9.17, 15) is 4.79 Å². The molecule has 0 unspecified atom stereocenters. The molecule has 0 radical (unpaired) electrons. The van der Waals surface area contributed by atoms with Gasteiger partial charge in [0, 0.05) is 37.4 Å². The Labute approximate surface area is 190 Å². The van der Waals surface area contributed by atoms with Crippen molar-refractivity contribution in [2.24, 2.45) is 0 Å². The number of urea groups is 1. The average Bonchev–Trinajstić information content (AvgIpc) is 2.79. The van der Waals surface area contributed by atoms with Gasteiger partial charge in [-0.05, 0) is 47.7 Å². The van der Waals surface area contributed by atoms with Crippen molar-refractivity contribution in [3.8, 4) is 11.3 Å². The summed E-state index contributed by atoms with van der Waals surface area (Å²) in [7, 11) is 0. The number of carbonyl (C=O) groups is 1. The number of nitrogens with one attached hydrogen (secondary N) is 1. The van der Waals surface area contributed by atoms with Crippen molar-refractivity contribution < 1.29 is 4.79 Å². The quantitative estimate of drug-likeness (QED) is 0.629. The van der Waals surface area contributed by atoms with Crippen LogP contribution in [0.3, 0.4) is 0 Å². The second-order valence-corrected chi connectivity index (χ2v) is 9.32. The first kappa shape index (κ1) is 21.8. The second-order valence-electron chi connectivity index (χ2n) is 9.32. The molecule has 1 saturated heterocycles. The molecular formula is C26H31N5O. The predicted octanol–water partition coefficient (Wildman–Crippen LogP) is 5.10. The Morgan fingerprint density at radius 1 is 0.875 bits per heavy atom. The Morgan fingerprint density at radius 3 is 2.16 bits per heavy atom. The molecule has 1 aromatic heterocycles. The molecule has 2 aromatic carbocycles. The summed E-state index contributed by atoms with van der Waals surface area (Å²) in [5.74, 6) is 0.847. The second kappa shape index (κ2) is 8.99. The summed E-state index contributed by atoms with van der Waals surface area (Å²) >= 11 is 0. The molecule has 32 heavy (non-hydrogen) atoms. The number of carbonyl (C=O) groups excluding carboxylic acids is 1. The molecule has 6 nitrogen and oxygen atoms in total. The molecule has 1 aliphatic heterocycles. The highest BCUT2D eigenvalue weighted by atomic mass is 16.2. The van der Waals surface area contributed by atoms with Gasteiger partial charge in [0.2, 0.25) is 0 Å². The summed E-state index contributed by atoms with van der Waals surface area (Å²) in [6.45, 7) is 11.4. The van der Waals surface area contributed by atoms with E-state index < -0.39 is 0 Å². The van der Waals surface area contributed by atoms with Crippen LogP contribution in [0.2, 0.25) is 0 Å². The molecule has 1 fully saturated rings. The van der Waals surface area contributed by atoms with Crippen molar-refractivity contribution in [3.63, 3.8) is 0 Å². The maximum Gasteiger partial charge on any atom is 0.321 e. The Bertz CT molecular complexity index is 1060. The van der Waals surface area contributed by atoms with E-state index >= 15 is 0 Å². The number of rotatable bonds is 3. The molecular weight excluding hydrogens is 398 g/mol. The van der Waals surface area contributed by atoms with E-state index in [1.807, 2.05) is 41.3 Å². The first-order valence-electron chi connectivity index (χ1n) is 11.1. The summed E-state index contributed by atoms with van der Waals surface area (Å²) < 4.78 is 0. The van der Waals surface area contributed by atoms with Gasteiger partial charge < -0.3 is 15.1 Å². The molecule has 1 aliphatic rings. The van der Waals surface area contributed by atoms with Crippen molar-refractivity contribution in [2.75, 3.05) is 36.4 Å². The van der Waals surface area contributed by atoms with Gasteiger partial charge in [-0.2, -0.15) is 0 Å². The van der Waals surface area contributed by atoms with Crippen molar-refractivity contribution in [1.82, 2.24) is 15.1 Å². The van der Waals surface area contributed by atoms with Crippen LogP contribution in [0.25, 0.3) is 11.3 Å². The van der Waals surface area contributed by atoms with Crippen LogP contribution >= 0.6 is 0 Å². The summed E-state index contributed by atoms with van der Waals surface area (Å²) in [6, 6.07) is 20.3. The van der Waals surface area contributed by atoms with Gasteiger partial charge in [0.15, 0.2) is 5.82 Å². The van der Waals surface area contributed by atoms with Crippen molar-refractivity contribution in [3.05, 3.63) is 71.8 Å². The zero-order valence-corrected chi connectivity index (χ0v) is 19.3. The number of hydrogen-bond donors (Lipinski definition) is 1. The summed E-state index contributed by atoms with van der Waals surface area (Å²) in [5.41, 5.74) is 5.33. The average molecular weight is 430 g/mol. The lowest BCUT2D eigenvalue weighted by atomic mass is 9.87. The Morgan fingerprint density at radius 2 is 1.56 bits per heavy atom. The van der Waals surface area contributed by atoms with Crippen LogP contribution in [-0.2, 0) is 5.41 Å². The summed E-state index contributed by atoms with van der Waals surface area (Å²) in [5, 5.41) is 11.9. The first-order valence-corrected chi connectivity index (χ1v) is 11.1. The third-order valence-electron chi connectivity index (χ3n) is 5.96. The van der Waals surface area contributed by atoms with Crippen LogP contribution in [0.4, 0.5) is 16.3 Å². The lowest BCUT2D eigenvalue weighted by Crippen LogP contribution is -2.50. The van der Waals surface area contributed by atoms with Gasteiger partial charge >= 0.3 is 6.03 Å². The number of aryl methyl sites for hydroxylation is 1. The normalized spacial score (nSPS) is 14.4. The molecule has 0 bridgehead atoms. The van der Waals surface area contributed by atoms with Gasteiger partial charge in [-0.3, -0.25) is 0 Å². The van der Waals surface area contributed by atoms with E-state index in [1.54, 1.807) is 0 Å². The number of amides is 2. The number of nitrogens with zero attached hydrogens (tertiary/aromatic N) is 4. The van der Waals surface area contributed by atoms with Gasteiger partial charge in [0.05, 0.1) is 5.69 Å². The zero-order valence-electron chi connectivity index (χ0n) is 19.3. The number of benzene rings is 2. The van der Waals surface area contributed by atoms with Crippen LogP contribution in [-0.4, -0.2) is 47.3 Å². The Balaban J connectivity index is 1.33. The minimum absolute atomic E-state index is 0.0610. The summed E-state index contributed by atoms with van der Waals surface area (Å²) in [4.78, 5) is 16.7. The van der Waals surface area contributed by atoms with Gasteiger partial charge in [-0.1, -0.05) is 57.2 Å². The van der Waals surface area contributed by atoms with Gasteiger partial charge in [0.1, 0.15) is 0 Å². The lowest BCUT2D eigenvalue weighted by Gasteiger charge is -2.35. The van der Waals surface area contributed by atoms with Gasteiger partial charge in [0.25, 0.3) is 0 Å². The molecule has 4 rings (SSSR count). The van der Waals surface area contributed by atoms with Gasteiger partial charge in [-0.25, -0.2) is 4.79 Å². The van der Waals surface area contributed by atoms with Crippen molar-refractivity contribution in [1.29, 1.82) is 0 Å². The fraction of sp³-hybridized carbons (Fsp3) is 0.346. The fourth-order valence-corrected chi connectivity index (χ4v) is 3.89. The molecule has 0 spiro atoms. The van der Waals surface area contributed by atoms with Crippen LogP contribution in [0.1, 0.15) is 31.9 Å². The van der Waals surface area contributed by atoms with Crippen LogP contribution in [0.15, 0.2) is 60.7 Å². The predicted molar refractivity (Wildman–Crippen MR) is 130 cm³/mol. The van der Waals surface area contributed by atoms with E-state index in [0.29, 0.717) is 13.1 Å². The van der Waals surface area contributed by atoms with E-state index in [2.05, 4.69) is 72.4 Å². The zero-order chi connectivity index (χ0) is 22.7. The van der Waals surface area contributed by atoms with Gasteiger partial charge in [-0.15, -0.1) is 10.2 Å². The fourth-order valence-electron chi connectivity index (χ4n) is 3.89. The smallest absolute Gasteiger partial charge is 0.321 e. The molecule has 0 aliphatic carbocycles. The third-order valence-corrected chi connectivity index (χ3v) is 5.96. The van der Waals surface area contributed by atoms with Crippen molar-refractivity contribution in [2.45, 2.75) is 33.1 Å². The molecule has 0 saturated carbocycles. The largest absolute Gasteiger partial charge is 0.352 e.